The average molecular weight is 379 g/mol. The quantitative estimate of drug-likeness (QED) is 0.765. The SMILES string of the molecule is CCCCN(CCBr)C(=O)c1cc(Br)ccc1O. The molecule has 1 N–H and O–H groups in total. The van der Waals surface area contributed by atoms with E-state index >= 15 is 0 Å². The topological polar surface area (TPSA) is 40.5 Å². The molecule has 100 valence electrons. The zero-order chi connectivity index (χ0) is 13.5. The van der Waals surface area contributed by atoms with Gasteiger partial charge in [-0.2, -0.15) is 0 Å². The van der Waals surface area contributed by atoms with Crippen LogP contribution in [-0.2, 0) is 0 Å². The number of halogens is 2. The fourth-order valence-corrected chi connectivity index (χ4v) is 2.40. The van der Waals surface area contributed by atoms with Crippen LogP contribution in [0.2, 0.25) is 0 Å². The van der Waals surface area contributed by atoms with E-state index in [1.54, 1.807) is 17.0 Å². The number of unbranched alkanes of at least 4 members (excludes halogenated alkanes) is 1. The number of carbonyl (C=O) groups excluding carboxylic acids is 1. The first-order valence-electron chi connectivity index (χ1n) is 5.94. The molecular weight excluding hydrogens is 362 g/mol. The van der Waals surface area contributed by atoms with Gasteiger partial charge in [0.15, 0.2) is 0 Å². The molecular formula is C13H17Br2NO2. The lowest BCUT2D eigenvalue weighted by atomic mass is 10.1. The fourth-order valence-electron chi connectivity index (χ4n) is 1.62. The first-order chi connectivity index (χ1) is 8.60. The van der Waals surface area contributed by atoms with E-state index in [0.717, 1.165) is 22.6 Å². The Bertz CT molecular complexity index is 410. The summed E-state index contributed by atoms with van der Waals surface area (Å²) in [5.74, 6) is -0.0963. The molecule has 0 radical (unpaired) electrons. The minimum Gasteiger partial charge on any atom is -0.507 e. The Morgan fingerprint density at radius 3 is 2.72 bits per heavy atom. The third-order valence-electron chi connectivity index (χ3n) is 2.61. The molecule has 1 aromatic rings. The summed E-state index contributed by atoms with van der Waals surface area (Å²) in [7, 11) is 0. The van der Waals surface area contributed by atoms with Gasteiger partial charge in [-0.1, -0.05) is 45.2 Å². The number of alkyl halides is 1. The average Bonchev–Trinajstić information content (AvgIpc) is 2.36. The van der Waals surface area contributed by atoms with Crippen LogP contribution in [0.1, 0.15) is 30.1 Å². The summed E-state index contributed by atoms with van der Waals surface area (Å²) in [5.41, 5.74) is 0.349. The van der Waals surface area contributed by atoms with Gasteiger partial charge < -0.3 is 10.0 Å². The van der Waals surface area contributed by atoms with Crippen molar-refractivity contribution in [2.45, 2.75) is 19.8 Å². The van der Waals surface area contributed by atoms with Crippen LogP contribution in [0.5, 0.6) is 5.75 Å². The monoisotopic (exact) mass is 377 g/mol. The number of hydrogen-bond acceptors (Lipinski definition) is 2. The van der Waals surface area contributed by atoms with Crippen LogP contribution in [0.3, 0.4) is 0 Å². The van der Waals surface area contributed by atoms with Crippen molar-refractivity contribution in [3.05, 3.63) is 28.2 Å². The van der Waals surface area contributed by atoms with Crippen molar-refractivity contribution < 1.29 is 9.90 Å². The molecule has 0 heterocycles. The van der Waals surface area contributed by atoms with Gasteiger partial charge in [0, 0.05) is 22.9 Å². The normalized spacial score (nSPS) is 10.4. The number of carbonyl (C=O) groups is 1. The summed E-state index contributed by atoms with van der Waals surface area (Å²) in [4.78, 5) is 14.1. The Hall–Kier alpha value is -0.550. The second kappa shape index (κ2) is 7.79. The molecule has 1 aromatic carbocycles. The lowest BCUT2D eigenvalue weighted by molar-refractivity contribution is 0.0761. The van der Waals surface area contributed by atoms with Gasteiger partial charge in [-0.25, -0.2) is 0 Å². The van der Waals surface area contributed by atoms with Crippen LogP contribution in [0.4, 0.5) is 0 Å². The van der Waals surface area contributed by atoms with Crippen molar-refractivity contribution in [1.29, 1.82) is 0 Å². The number of nitrogens with zero attached hydrogens (tertiary/aromatic N) is 1. The maximum absolute atomic E-state index is 12.3. The van der Waals surface area contributed by atoms with E-state index in [2.05, 4.69) is 38.8 Å². The Labute approximate surface area is 124 Å². The number of phenols is 1. The van der Waals surface area contributed by atoms with E-state index in [9.17, 15) is 9.90 Å². The van der Waals surface area contributed by atoms with Gasteiger partial charge in [0.1, 0.15) is 5.75 Å². The van der Waals surface area contributed by atoms with Crippen molar-refractivity contribution in [2.24, 2.45) is 0 Å². The van der Waals surface area contributed by atoms with Crippen molar-refractivity contribution in [1.82, 2.24) is 4.90 Å². The Morgan fingerprint density at radius 1 is 1.39 bits per heavy atom. The standard InChI is InChI=1S/C13H17Br2NO2/c1-2-3-7-16(8-6-14)13(18)11-9-10(15)4-5-12(11)17/h4-5,9,17H,2-3,6-8H2,1H3. The van der Waals surface area contributed by atoms with Gasteiger partial charge in [0.25, 0.3) is 5.91 Å². The summed E-state index contributed by atoms with van der Waals surface area (Å²) < 4.78 is 0.790. The second-order valence-electron chi connectivity index (χ2n) is 4.00. The summed E-state index contributed by atoms with van der Waals surface area (Å²) >= 11 is 6.66. The van der Waals surface area contributed by atoms with Crippen LogP contribution in [0, 0.1) is 0 Å². The van der Waals surface area contributed by atoms with E-state index in [1.807, 2.05) is 0 Å². The Morgan fingerprint density at radius 2 is 2.11 bits per heavy atom. The third-order valence-corrected chi connectivity index (χ3v) is 3.46. The molecule has 0 saturated heterocycles. The summed E-state index contributed by atoms with van der Waals surface area (Å²) in [6.07, 6.45) is 2.00. The Kier molecular flexibility index (Phi) is 6.71. The summed E-state index contributed by atoms with van der Waals surface area (Å²) in [5, 5.41) is 10.5. The molecule has 0 unspecified atom stereocenters. The van der Waals surface area contributed by atoms with Gasteiger partial charge in [-0.05, 0) is 24.6 Å². The number of amides is 1. The van der Waals surface area contributed by atoms with E-state index in [1.165, 1.54) is 6.07 Å². The molecule has 0 aromatic heterocycles. The third kappa shape index (κ3) is 4.28. The molecule has 0 fully saturated rings. The minimum atomic E-state index is -0.123. The van der Waals surface area contributed by atoms with E-state index in [0.29, 0.717) is 18.7 Å². The molecule has 0 atom stereocenters. The van der Waals surface area contributed by atoms with Gasteiger partial charge in [-0.15, -0.1) is 0 Å². The van der Waals surface area contributed by atoms with Crippen LogP contribution in [0.15, 0.2) is 22.7 Å². The highest BCUT2D eigenvalue weighted by atomic mass is 79.9. The molecule has 3 nitrogen and oxygen atoms in total. The predicted octanol–water partition coefficient (Wildman–Crippen LogP) is 3.79. The number of hydrogen-bond donors (Lipinski definition) is 1. The fraction of sp³-hybridized carbons (Fsp3) is 0.462. The molecule has 0 saturated carbocycles. The van der Waals surface area contributed by atoms with Crippen molar-refractivity contribution in [3.63, 3.8) is 0 Å². The maximum atomic E-state index is 12.3. The molecule has 1 amide bonds. The molecule has 0 aliphatic rings. The highest BCUT2D eigenvalue weighted by Crippen LogP contribution is 2.23. The van der Waals surface area contributed by atoms with Crippen LogP contribution >= 0.6 is 31.9 Å². The molecule has 5 heteroatoms. The number of phenolic OH excluding ortho intramolecular Hbond substituents is 1. The van der Waals surface area contributed by atoms with E-state index in [4.69, 9.17) is 0 Å². The number of benzene rings is 1. The number of aromatic hydroxyl groups is 1. The highest BCUT2D eigenvalue weighted by molar-refractivity contribution is 9.10. The van der Waals surface area contributed by atoms with Crippen molar-refractivity contribution in [3.8, 4) is 5.75 Å². The second-order valence-corrected chi connectivity index (χ2v) is 5.70. The molecule has 0 bridgehead atoms. The zero-order valence-corrected chi connectivity index (χ0v) is 13.5. The number of rotatable bonds is 6. The molecule has 0 spiro atoms. The van der Waals surface area contributed by atoms with Gasteiger partial charge in [0.2, 0.25) is 0 Å². The van der Waals surface area contributed by atoms with Crippen LogP contribution < -0.4 is 0 Å². The van der Waals surface area contributed by atoms with Crippen LogP contribution in [0.25, 0.3) is 0 Å². The largest absolute Gasteiger partial charge is 0.507 e. The lowest BCUT2D eigenvalue weighted by Gasteiger charge is -2.22. The zero-order valence-electron chi connectivity index (χ0n) is 10.3. The van der Waals surface area contributed by atoms with Crippen molar-refractivity contribution >= 4 is 37.8 Å². The smallest absolute Gasteiger partial charge is 0.257 e. The lowest BCUT2D eigenvalue weighted by Crippen LogP contribution is -2.33. The minimum absolute atomic E-state index is 0.0271. The maximum Gasteiger partial charge on any atom is 0.257 e. The summed E-state index contributed by atoms with van der Waals surface area (Å²) in [6.45, 7) is 3.45. The van der Waals surface area contributed by atoms with Gasteiger partial charge in [0.05, 0.1) is 5.56 Å². The van der Waals surface area contributed by atoms with Crippen LogP contribution in [-0.4, -0.2) is 34.3 Å². The Balaban J connectivity index is 2.90. The molecule has 18 heavy (non-hydrogen) atoms. The van der Waals surface area contributed by atoms with Gasteiger partial charge in [-0.3, -0.25) is 4.79 Å². The summed E-state index contributed by atoms with van der Waals surface area (Å²) in [6, 6.07) is 4.90. The van der Waals surface area contributed by atoms with Crippen molar-refractivity contribution in [2.75, 3.05) is 18.4 Å². The molecule has 1 rings (SSSR count). The predicted molar refractivity (Wildman–Crippen MR) is 80.4 cm³/mol. The first-order valence-corrected chi connectivity index (χ1v) is 7.85. The highest BCUT2D eigenvalue weighted by Gasteiger charge is 2.18. The first kappa shape index (κ1) is 15.5. The molecule has 0 aliphatic heterocycles. The molecule has 0 aliphatic carbocycles. The van der Waals surface area contributed by atoms with E-state index < -0.39 is 0 Å². The van der Waals surface area contributed by atoms with E-state index in [-0.39, 0.29) is 11.7 Å². The van der Waals surface area contributed by atoms with Gasteiger partial charge >= 0.3 is 0 Å².